The first-order chi connectivity index (χ1) is 9.58. The van der Waals surface area contributed by atoms with Gasteiger partial charge in [0.15, 0.2) is 11.6 Å². The maximum Gasteiger partial charge on any atom is 0.160 e. The molecule has 2 aromatic rings. The topological polar surface area (TPSA) is 43.1 Å². The molecule has 1 aliphatic rings. The molecule has 0 radical (unpaired) electrons. The van der Waals surface area contributed by atoms with Crippen LogP contribution in [-0.2, 0) is 17.2 Å². The first kappa shape index (κ1) is 13.4. The van der Waals surface area contributed by atoms with Crippen LogP contribution in [0.15, 0.2) is 47.4 Å². The molecule has 2 N–H and O–H groups in total. The van der Waals surface area contributed by atoms with Gasteiger partial charge in [0.1, 0.15) is 0 Å². The molecule has 3 rings (SSSR count). The summed E-state index contributed by atoms with van der Waals surface area (Å²) in [4.78, 5) is 0.275. The highest BCUT2D eigenvalue weighted by atomic mass is 32.2. The van der Waals surface area contributed by atoms with Crippen LogP contribution >= 0.6 is 0 Å². The fourth-order valence-corrected chi connectivity index (χ4v) is 4.09. The summed E-state index contributed by atoms with van der Waals surface area (Å²) in [6, 6.07) is 10.7. The van der Waals surface area contributed by atoms with Crippen LogP contribution in [0.3, 0.4) is 0 Å². The van der Waals surface area contributed by atoms with E-state index in [4.69, 9.17) is 5.73 Å². The Morgan fingerprint density at radius 2 is 1.85 bits per heavy atom. The molecule has 20 heavy (non-hydrogen) atoms. The SMILES string of the molecule is NC1c2ccccc2CC1S(=O)c1ccc(F)c(F)c1. The van der Waals surface area contributed by atoms with Crippen molar-refractivity contribution in [3.05, 3.63) is 65.2 Å². The van der Waals surface area contributed by atoms with Gasteiger partial charge >= 0.3 is 0 Å². The van der Waals surface area contributed by atoms with E-state index in [1.165, 1.54) is 6.07 Å². The van der Waals surface area contributed by atoms with E-state index in [2.05, 4.69) is 0 Å². The van der Waals surface area contributed by atoms with Gasteiger partial charge in [-0.25, -0.2) is 8.78 Å². The lowest BCUT2D eigenvalue weighted by Gasteiger charge is -2.15. The van der Waals surface area contributed by atoms with E-state index in [9.17, 15) is 13.0 Å². The number of halogens is 2. The highest BCUT2D eigenvalue weighted by Gasteiger charge is 2.34. The van der Waals surface area contributed by atoms with Crippen molar-refractivity contribution >= 4 is 10.8 Å². The molecule has 0 saturated carbocycles. The first-order valence-corrected chi connectivity index (χ1v) is 7.48. The molecule has 0 aromatic heterocycles. The van der Waals surface area contributed by atoms with Crippen molar-refractivity contribution in [2.24, 2.45) is 5.73 Å². The summed E-state index contributed by atoms with van der Waals surface area (Å²) in [5, 5.41) is -0.308. The van der Waals surface area contributed by atoms with Gasteiger partial charge in [0.05, 0.1) is 16.0 Å². The summed E-state index contributed by atoms with van der Waals surface area (Å²) in [5.41, 5.74) is 8.19. The molecule has 2 nitrogen and oxygen atoms in total. The first-order valence-electron chi connectivity index (χ1n) is 6.27. The smallest absolute Gasteiger partial charge is 0.160 e. The molecule has 5 heteroatoms. The van der Waals surface area contributed by atoms with Crippen molar-refractivity contribution in [3.63, 3.8) is 0 Å². The zero-order valence-electron chi connectivity index (χ0n) is 10.6. The molecule has 0 heterocycles. The van der Waals surface area contributed by atoms with Crippen LogP contribution in [0.25, 0.3) is 0 Å². The van der Waals surface area contributed by atoms with Gasteiger partial charge in [-0.2, -0.15) is 0 Å². The number of fused-ring (bicyclic) bond motifs is 1. The second kappa shape index (κ2) is 5.07. The number of nitrogens with two attached hydrogens (primary N) is 1. The highest BCUT2D eigenvalue weighted by Crippen LogP contribution is 2.34. The molecule has 0 spiro atoms. The summed E-state index contributed by atoms with van der Waals surface area (Å²) in [6.07, 6.45) is 0.586. The van der Waals surface area contributed by atoms with Crippen molar-refractivity contribution < 1.29 is 13.0 Å². The largest absolute Gasteiger partial charge is 0.323 e. The number of rotatable bonds is 2. The Kier molecular flexibility index (Phi) is 3.40. The Balaban J connectivity index is 1.91. The predicted octanol–water partition coefficient (Wildman–Crippen LogP) is 2.70. The van der Waals surface area contributed by atoms with Crippen molar-refractivity contribution in [1.29, 1.82) is 0 Å². The second-order valence-electron chi connectivity index (χ2n) is 4.84. The van der Waals surface area contributed by atoms with Gasteiger partial charge in [-0.15, -0.1) is 0 Å². The highest BCUT2D eigenvalue weighted by molar-refractivity contribution is 7.85. The molecule has 0 saturated heterocycles. The van der Waals surface area contributed by atoms with Crippen LogP contribution < -0.4 is 5.73 Å². The van der Waals surface area contributed by atoms with E-state index in [-0.39, 0.29) is 16.2 Å². The van der Waals surface area contributed by atoms with Crippen LogP contribution in [0, 0.1) is 11.6 Å². The van der Waals surface area contributed by atoms with Crippen LogP contribution in [-0.4, -0.2) is 9.46 Å². The van der Waals surface area contributed by atoms with Crippen molar-refractivity contribution in [2.75, 3.05) is 0 Å². The second-order valence-corrected chi connectivity index (χ2v) is 6.51. The molecule has 1 aliphatic carbocycles. The molecule has 3 atom stereocenters. The van der Waals surface area contributed by atoms with Crippen LogP contribution in [0.1, 0.15) is 17.2 Å². The third-order valence-electron chi connectivity index (χ3n) is 3.63. The van der Waals surface area contributed by atoms with E-state index in [0.29, 0.717) is 6.42 Å². The van der Waals surface area contributed by atoms with Crippen molar-refractivity contribution in [3.8, 4) is 0 Å². The summed E-state index contributed by atoms with van der Waals surface area (Å²) >= 11 is 0. The molecule has 0 aliphatic heterocycles. The van der Waals surface area contributed by atoms with Crippen LogP contribution in [0.2, 0.25) is 0 Å². The van der Waals surface area contributed by atoms with Gasteiger partial charge in [-0.3, -0.25) is 4.21 Å². The normalized spacial score (nSPS) is 22.6. The Hall–Kier alpha value is -1.59. The van der Waals surface area contributed by atoms with Gasteiger partial charge in [0.2, 0.25) is 0 Å². The maximum absolute atomic E-state index is 13.2. The van der Waals surface area contributed by atoms with Crippen molar-refractivity contribution in [1.82, 2.24) is 0 Å². The van der Waals surface area contributed by atoms with Crippen LogP contribution in [0.5, 0.6) is 0 Å². The predicted molar refractivity (Wildman–Crippen MR) is 73.6 cm³/mol. The van der Waals surface area contributed by atoms with E-state index in [1.807, 2.05) is 24.3 Å². The van der Waals surface area contributed by atoms with Crippen molar-refractivity contribution in [2.45, 2.75) is 22.6 Å². The summed E-state index contributed by atoms with van der Waals surface area (Å²) in [5.74, 6) is -1.93. The standard InChI is InChI=1S/C15H13F2NOS/c16-12-6-5-10(8-13(12)17)20(19)14-7-9-3-1-2-4-11(9)15(14)18/h1-6,8,14-15H,7,18H2. The van der Waals surface area contributed by atoms with E-state index < -0.39 is 22.4 Å². The maximum atomic E-state index is 13.2. The lowest BCUT2D eigenvalue weighted by atomic mass is 10.1. The zero-order valence-corrected chi connectivity index (χ0v) is 11.4. The Bertz CT molecular complexity index is 689. The minimum absolute atomic E-state index is 0.275. The third kappa shape index (κ3) is 2.17. The van der Waals surface area contributed by atoms with E-state index in [1.54, 1.807) is 0 Å². The quantitative estimate of drug-likeness (QED) is 0.925. The fraction of sp³-hybridized carbons (Fsp3) is 0.200. The van der Waals surface area contributed by atoms with Gasteiger partial charge < -0.3 is 5.73 Å². The van der Waals surface area contributed by atoms with E-state index in [0.717, 1.165) is 23.3 Å². The molecule has 3 unspecified atom stereocenters. The minimum Gasteiger partial charge on any atom is -0.323 e. The molecule has 0 amide bonds. The molecule has 0 bridgehead atoms. The third-order valence-corrected chi connectivity index (χ3v) is 5.36. The van der Waals surface area contributed by atoms with Gasteiger partial charge in [-0.05, 0) is 35.7 Å². The van der Waals surface area contributed by atoms with Gasteiger partial charge in [0, 0.05) is 10.9 Å². The lowest BCUT2D eigenvalue weighted by Crippen LogP contribution is -2.26. The number of hydrogen-bond acceptors (Lipinski definition) is 2. The minimum atomic E-state index is -1.47. The Morgan fingerprint density at radius 1 is 1.10 bits per heavy atom. The molecular weight excluding hydrogens is 280 g/mol. The number of benzene rings is 2. The number of hydrogen-bond donors (Lipinski definition) is 1. The van der Waals surface area contributed by atoms with E-state index >= 15 is 0 Å². The Labute approximate surface area is 118 Å². The Morgan fingerprint density at radius 3 is 2.55 bits per heavy atom. The molecule has 2 aromatic carbocycles. The average molecular weight is 293 g/mol. The van der Waals surface area contributed by atoms with Gasteiger partial charge in [0.25, 0.3) is 0 Å². The summed E-state index contributed by atoms with van der Waals surface area (Å²) in [6.45, 7) is 0. The molecular formula is C15H13F2NOS. The molecule has 104 valence electrons. The zero-order chi connectivity index (χ0) is 14.3. The molecule has 0 fully saturated rings. The summed E-state index contributed by atoms with van der Waals surface area (Å²) in [7, 11) is -1.47. The summed E-state index contributed by atoms with van der Waals surface area (Å²) < 4.78 is 38.7. The lowest BCUT2D eigenvalue weighted by molar-refractivity contribution is 0.505. The fourth-order valence-electron chi connectivity index (χ4n) is 2.57. The van der Waals surface area contributed by atoms with Crippen LogP contribution in [0.4, 0.5) is 8.78 Å². The van der Waals surface area contributed by atoms with Gasteiger partial charge in [-0.1, -0.05) is 24.3 Å². The average Bonchev–Trinajstić information content (AvgIpc) is 2.79. The monoisotopic (exact) mass is 293 g/mol.